The third-order valence-corrected chi connectivity index (χ3v) is 8.41. The lowest BCUT2D eigenvalue weighted by Crippen LogP contribution is -2.36. The minimum atomic E-state index is 0.0566. The van der Waals surface area contributed by atoms with Gasteiger partial charge in [0, 0.05) is 10.8 Å². The van der Waals surface area contributed by atoms with E-state index in [2.05, 4.69) is 70.2 Å². The summed E-state index contributed by atoms with van der Waals surface area (Å²) in [6.45, 7) is 9.04. The molecule has 0 atom stereocenters. The lowest BCUT2D eigenvalue weighted by atomic mass is 9.58. The first kappa shape index (κ1) is 18.7. The molecule has 0 aliphatic heterocycles. The molecule has 0 bridgehead atoms. The maximum atomic E-state index is 11.0. The lowest BCUT2D eigenvalue weighted by molar-refractivity contribution is 0.133. The van der Waals surface area contributed by atoms with Crippen molar-refractivity contribution in [2.45, 2.75) is 71.6 Å². The zero-order valence-electron chi connectivity index (χ0n) is 18.2. The van der Waals surface area contributed by atoms with E-state index in [4.69, 9.17) is 0 Å². The van der Waals surface area contributed by atoms with Gasteiger partial charge in [0.25, 0.3) is 0 Å². The van der Waals surface area contributed by atoms with Crippen molar-refractivity contribution < 1.29 is 5.11 Å². The molecule has 1 heteroatoms. The van der Waals surface area contributed by atoms with Crippen molar-refractivity contribution in [1.82, 2.24) is 0 Å². The van der Waals surface area contributed by atoms with Crippen molar-refractivity contribution in [2.24, 2.45) is 5.41 Å². The highest BCUT2D eigenvalue weighted by atomic mass is 16.3. The highest BCUT2D eigenvalue weighted by Gasteiger charge is 2.49. The summed E-state index contributed by atoms with van der Waals surface area (Å²) >= 11 is 0. The molecule has 0 radical (unpaired) electrons. The molecular formula is C28H32O. The fraction of sp³-hybridized carbons (Fsp3) is 0.429. The molecule has 2 aliphatic rings. The average molecular weight is 385 g/mol. The largest absolute Gasteiger partial charge is 0.507 e. The summed E-state index contributed by atoms with van der Waals surface area (Å²) in [4.78, 5) is 0. The van der Waals surface area contributed by atoms with Gasteiger partial charge in [0.15, 0.2) is 0 Å². The summed E-state index contributed by atoms with van der Waals surface area (Å²) in [5, 5.41) is 13.2. The number of aromatic hydroxyl groups is 1. The zero-order valence-corrected chi connectivity index (χ0v) is 18.2. The maximum absolute atomic E-state index is 11.0. The van der Waals surface area contributed by atoms with Gasteiger partial charge in [0.1, 0.15) is 5.75 Å². The minimum absolute atomic E-state index is 0.0566. The van der Waals surface area contributed by atoms with Crippen LogP contribution in [0, 0.1) is 19.3 Å². The summed E-state index contributed by atoms with van der Waals surface area (Å²) in [6.07, 6.45) is 7.48. The van der Waals surface area contributed by atoms with Crippen molar-refractivity contribution in [3.63, 3.8) is 0 Å². The molecular weight excluding hydrogens is 352 g/mol. The quantitative estimate of drug-likeness (QED) is 0.477. The Morgan fingerprint density at radius 3 is 2.10 bits per heavy atom. The van der Waals surface area contributed by atoms with Crippen LogP contribution >= 0.6 is 0 Å². The normalized spacial score (nSPS) is 18.8. The van der Waals surface area contributed by atoms with Crippen LogP contribution in [0.1, 0.15) is 74.6 Å². The Kier molecular flexibility index (Phi) is 4.11. The Labute approximate surface area is 174 Å². The molecule has 1 saturated carbocycles. The smallest absolute Gasteiger partial charge is 0.123 e. The molecule has 1 fully saturated rings. The van der Waals surface area contributed by atoms with Gasteiger partial charge in [-0.1, -0.05) is 68.1 Å². The molecule has 1 spiro atoms. The molecule has 1 N–H and O–H groups in total. The number of hydrogen-bond acceptors (Lipinski definition) is 1. The molecule has 0 aromatic heterocycles. The second kappa shape index (κ2) is 6.36. The first-order valence-corrected chi connectivity index (χ1v) is 11.3. The van der Waals surface area contributed by atoms with Gasteiger partial charge in [-0.3, -0.25) is 0 Å². The van der Waals surface area contributed by atoms with Gasteiger partial charge in [-0.15, -0.1) is 0 Å². The predicted molar refractivity (Wildman–Crippen MR) is 123 cm³/mol. The molecule has 0 saturated heterocycles. The number of hydrogen-bond donors (Lipinski definition) is 1. The SMILES string of the molecule is CCC1(CC)CCC2(CC1)c1cc(C)ccc1-c1c2cc(O)c2cc(C)ccc12. The number of phenolic OH excluding ortho intramolecular Hbond substituents is 1. The Balaban J connectivity index is 1.79. The van der Waals surface area contributed by atoms with Crippen molar-refractivity contribution in [3.05, 3.63) is 64.7 Å². The second-order valence-corrected chi connectivity index (χ2v) is 9.71. The lowest BCUT2D eigenvalue weighted by Gasteiger charge is -2.45. The average Bonchev–Trinajstić information content (AvgIpc) is 2.98. The fourth-order valence-electron chi connectivity index (χ4n) is 6.31. The molecule has 29 heavy (non-hydrogen) atoms. The van der Waals surface area contributed by atoms with Crippen LogP contribution in [-0.4, -0.2) is 5.11 Å². The highest BCUT2D eigenvalue weighted by Crippen LogP contribution is 2.61. The first-order chi connectivity index (χ1) is 13.9. The van der Waals surface area contributed by atoms with Gasteiger partial charge >= 0.3 is 0 Å². The van der Waals surface area contributed by atoms with Gasteiger partial charge < -0.3 is 5.11 Å². The molecule has 1 nitrogen and oxygen atoms in total. The van der Waals surface area contributed by atoms with Gasteiger partial charge in [-0.25, -0.2) is 0 Å². The Bertz CT molecular complexity index is 1110. The van der Waals surface area contributed by atoms with Gasteiger partial charge in [0.05, 0.1) is 0 Å². The summed E-state index contributed by atoms with van der Waals surface area (Å²) in [5.41, 5.74) is 8.71. The molecule has 0 amide bonds. The molecule has 0 unspecified atom stereocenters. The monoisotopic (exact) mass is 384 g/mol. The summed E-state index contributed by atoms with van der Waals surface area (Å²) < 4.78 is 0. The zero-order chi connectivity index (χ0) is 20.4. The molecule has 150 valence electrons. The van der Waals surface area contributed by atoms with Crippen LogP contribution in [0.3, 0.4) is 0 Å². The third-order valence-electron chi connectivity index (χ3n) is 8.41. The van der Waals surface area contributed by atoms with E-state index in [0.29, 0.717) is 11.2 Å². The summed E-state index contributed by atoms with van der Waals surface area (Å²) in [6, 6.07) is 15.6. The van der Waals surface area contributed by atoms with Gasteiger partial charge in [0.2, 0.25) is 0 Å². The van der Waals surface area contributed by atoms with Crippen LogP contribution in [0.15, 0.2) is 42.5 Å². The van der Waals surface area contributed by atoms with E-state index < -0.39 is 0 Å². The van der Waals surface area contributed by atoms with Gasteiger partial charge in [-0.2, -0.15) is 0 Å². The van der Waals surface area contributed by atoms with Crippen molar-refractivity contribution in [1.29, 1.82) is 0 Å². The maximum Gasteiger partial charge on any atom is 0.123 e. The predicted octanol–water partition coefficient (Wildman–Crippen LogP) is 7.81. The Morgan fingerprint density at radius 2 is 1.41 bits per heavy atom. The van der Waals surface area contributed by atoms with Crippen LogP contribution in [0.5, 0.6) is 5.75 Å². The van der Waals surface area contributed by atoms with Gasteiger partial charge in [-0.05, 0) is 84.7 Å². The van der Waals surface area contributed by atoms with Crippen molar-refractivity contribution in [2.75, 3.05) is 0 Å². The molecule has 5 rings (SSSR count). The van der Waals surface area contributed by atoms with E-state index >= 15 is 0 Å². The van der Waals surface area contributed by atoms with E-state index in [9.17, 15) is 5.11 Å². The molecule has 3 aromatic carbocycles. The number of aryl methyl sites for hydroxylation is 2. The highest BCUT2D eigenvalue weighted by molar-refractivity contribution is 6.05. The second-order valence-electron chi connectivity index (χ2n) is 9.71. The van der Waals surface area contributed by atoms with E-state index in [-0.39, 0.29) is 5.41 Å². The van der Waals surface area contributed by atoms with E-state index in [1.54, 1.807) is 0 Å². The molecule has 2 aliphatic carbocycles. The standard InChI is InChI=1S/C28H32O/c1-5-27(6-2)11-13-28(14-12-27)23-16-19(4)8-10-21(23)26-20-9-7-18(3)15-22(20)25(29)17-24(26)28/h7-10,15-17,29H,5-6,11-14H2,1-4H3. The fourth-order valence-corrected chi connectivity index (χ4v) is 6.31. The van der Waals surface area contributed by atoms with E-state index in [1.165, 1.54) is 77.3 Å². The van der Waals surface area contributed by atoms with Crippen molar-refractivity contribution >= 4 is 10.8 Å². The summed E-state index contributed by atoms with van der Waals surface area (Å²) in [5.74, 6) is 0.439. The minimum Gasteiger partial charge on any atom is -0.507 e. The number of benzene rings is 3. The van der Waals surface area contributed by atoms with Crippen LogP contribution in [0.2, 0.25) is 0 Å². The third kappa shape index (κ3) is 2.52. The van der Waals surface area contributed by atoms with E-state index in [1.807, 2.05) is 0 Å². The number of rotatable bonds is 2. The van der Waals surface area contributed by atoms with Crippen LogP contribution < -0.4 is 0 Å². The molecule has 0 heterocycles. The Hall–Kier alpha value is -2.28. The van der Waals surface area contributed by atoms with Crippen LogP contribution in [0.4, 0.5) is 0 Å². The van der Waals surface area contributed by atoms with Crippen LogP contribution in [0.25, 0.3) is 21.9 Å². The van der Waals surface area contributed by atoms with Crippen molar-refractivity contribution in [3.8, 4) is 16.9 Å². The van der Waals surface area contributed by atoms with E-state index in [0.717, 1.165) is 5.39 Å². The first-order valence-electron chi connectivity index (χ1n) is 11.3. The molecule has 3 aromatic rings. The number of fused-ring (bicyclic) bond motifs is 7. The number of phenols is 1. The topological polar surface area (TPSA) is 20.2 Å². The Morgan fingerprint density at radius 1 is 0.759 bits per heavy atom. The summed E-state index contributed by atoms with van der Waals surface area (Å²) in [7, 11) is 0. The van der Waals surface area contributed by atoms with Crippen LogP contribution in [-0.2, 0) is 5.41 Å².